The Bertz CT molecular complexity index is 806. The number of nitrogens with one attached hydrogen (secondary N) is 1. The summed E-state index contributed by atoms with van der Waals surface area (Å²) in [6, 6.07) is 9.18. The van der Waals surface area contributed by atoms with E-state index in [4.69, 9.17) is 14.6 Å². The molecule has 0 aliphatic rings. The van der Waals surface area contributed by atoms with E-state index in [0.717, 1.165) is 16.9 Å². The fraction of sp³-hybridized carbons (Fsp3) is 0.300. The third-order valence-corrected chi connectivity index (χ3v) is 3.94. The molecular weight excluding hydrogens is 334 g/mol. The molecule has 2 rings (SSSR count). The number of methoxy groups -OCH3 is 1. The zero-order chi connectivity index (χ0) is 19.3. The fourth-order valence-electron chi connectivity index (χ4n) is 2.72. The molecule has 26 heavy (non-hydrogen) atoms. The molecule has 0 atom stereocenters. The van der Waals surface area contributed by atoms with Crippen LogP contribution in [0.3, 0.4) is 0 Å². The standard InChI is InChI=1S/C20H23NO5/c1-12-5-6-15(17(7-12)25-4)10-21-20(24)16-8-13(2)19(14(3)9-16)26-11-18(22)23/h5-9H,10-11H2,1-4H3,(H,21,24)(H,22,23). The number of aryl methyl sites for hydroxylation is 3. The van der Waals surface area contributed by atoms with E-state index in [-0.39, 0.29) is 5.91 Å². The lowest BCUT2D eigenvalue weighted by atomic mass is 10.0. The Morgan fingerprint density at radius 3 is 2.31 bits per heavy atom. The average molecular weight is 357 g/mol. The lowest BCUT2D eigenvalue weighted by Gasteiger charge is -2.14. The molecule has 6 nitrogen and oxygen atoms in total. The maximum absolute atomic E-state index is 12.5. The van der Waals surface area contributed by atoms with Crippen LogP contribution >= 0.6 is 0 Å². The summed E-state index contributed by atoms with van der Waals surface area (Å²) in [6.07, 6.45) is 0. The Labute approximate surface area is 152 Å². The van der Waals surface area contributed by atoms with Crippen molar-refractivity contribution in [1.29, 1.82) is 0 Å². The summed E-state index contributed by atoms with van der Waals surface area (Å²) in [5.41, 5.74) is 3.89. The molecule has 0 saturated carbocycles. The molecule has 0 fully saturated rings. The normalized spacial score (nSPS) is 10.3. The van der Waals surface area contributed by atoms with Gasteiger partial charge in [-0.2, -0.15) is 0 Å². The van der Waals surface area contributed by atoms with Crippen LogP contribution in [0, 0.1) is 20.8 Å². The minimum atomic E-state index is -1.04. The van der Waals surface area contributed by atoms with Gasteiger partial charge in [-0.15, -0.1) is 0 Å². The Hall–Kier alpha value is -3.02. The molecule has 0 aliphatic heterocycles. The molecule has 0 saturated heterocycles. The molecule has 0 heterocycles. The topological polar surface area (TPSA) is 84.9 Å². The highest BCUT2D eigenvalue weighted by molar-refractivity contribution is 5.95. The van der Waals surface area contributed by atoms with Gasteiger partial charge in [0.05, 0.1) is 7.11 Å². The number of amides is 1. The highest BCUT2D eigenvalue weighted by atomic mass is 16.5. The number of aliphatic carboxylic acids is 1. The van der Waals surface area contributed by atoms with Crippen molar-refractivity contribution in [2.24, 2.45) is 0 Å². The first kappa shape index (κ1) is 19.3. The number of rotatable bonds is 7. The second-order valence-corrected chi connectivity index (χ2v) is 6.12. The molecule has 0 unspecified atom stereocenters. The van der Waals surface area contributed by atoms with Crippen molar-refractivity contribution < 1.29 is 24.2 Å². The summed E-state index contributed by atoms with van der Waals surface area (Å²) in [4.78, 5) is 23.1. The fourth-order valence-corrected chi connectivity index (χ4v) is 2.72. The van der Waals surface area contributed by atoms with Gasteiger partial charge < -0.3 is 19.9 Å². The van der Waals surface area contributed by atoms with E-state index in [1.807, 2.05) is 25.1 Å². The van der Waals surface area contributed by atoms with Crippen LogP contribution in [0.1, 0.15) is 32.6 Å². The summed E-state index contributed by atoms with van der Waals surface area (Å²) < 4.78 is 10.6. The van der Waals surface area contributed by atoms with Crippen LogP contribution in [0.5, 0.6) is 11.5 Å². The van der Waals surface area contributed by atoms with Gasteiger partial charge in [-0.05, 0) is 55.7 Å². The van der Waals surface area contributed by atoms with Crippen molar-refractivity contribution in [3.05, 3.63) is 58.1 Å². The van der Waals surface area contributed by atoms with E-state index in [2.05, 4.69) is 5.32 Å². The van der Waals surface area contributed by atoms with E-state index in [0.29, 0.717) is 29.0 Å². The summed E-state index contributed by atoms with van der Waals surface area (Å²) in [7, 11) is 1.60. The van der Waals surface area contributed by atoms with Crippen LogP contribution in [0.15, 0.2) is 30.3 Å². The first-order chi connectivity index (χ1) is 12.3. The number of hydrogen-bond donors (Lipinski definition) is 2. The molecule has 2 aromatic rings. The summed E-state index contributed by atoms with van der Waals surface area (Å²) in [5.74, 6) is -0.0412. The Balaban J connectivity index is 2.11. The zero-order valence-electron chi connectivity index (χ0n) is 15.4. The van der Waals surface area contributed by atoms with Crippen molar-refractivity contribution >= 4 is 11.9 Å². The molecule has 6 heteroatoms. The second kappa shape index (κ2) is 8.38. The van der Waals surface area contributed by atoms with Gasteiger partial charge in [0.2, 0.25) is 0 Å². The van der Waals surface area contributed by atoms with Gasteiger partial charge in [0.1, 0.15) is 11.5 Å². The number of ether oxygens (including phenoxy) is 2. The minimum Gasteiger partial charge on any atom is -0.496 e. The second-order valence-electron chi connectivity index (χ2n) is 6.12. The van der Waals surface area contributed by atoms with E-state index in [1.165, 1.54) is 0 Å². The van der Waals surface area contributed by atoms with Gasteiger partial charge >= 0.3 is 5.97 Å². The monoisotopic (exact) mass is 357 g/mol. The SMILES string of the molecule is COc1cc(C)ccc1CNC(=O)c1cc(C)c(OCC(=O)O)c(C)c1. The quantitative estimate of drug-likeness (QED) is 0.796. The predicted octanol–water partition coefficient (Wildman–Crippen LogP) is 3.01. The predicted molar refractivity (Wildman–Crippen MR) is 97.9 cm³/mol. The van der Waals surface area contributed by atoms with Crippen molar-refractivity contribution in [3.63, 3.8) is 0 Å². The third kappa shape index (κ3) is 4.75. The molecule has 138 valence electrons. The Morgan fingerprint density at radius 1 is 1.08 bits per heavy atom. The minimum absolute atomic E-state index is 0.219. The third-order valence-electron chi connectivity index (χ3n) is 3.94. The maximum atomic E-state index is 12.5. The van der Waals surface area contributed by atoms with E-state index in [1.54, 1.807) is 33.1 Å². The Kier molecular flexibility index (Phi) is 6.22. The highest BCUT2D eigenvalue weighted by Gasteiger charge is 2.13. The van der Waals surface area contributed by atoms with Gasteiger partial charge in [0.25, 0.3) is 5.91 Å². The molecule has 2 N–H and O–H groups in total. The smallest absolute Gasteiger partial charge is 0.341 e. The molecule has 2 aromatic carbocycles. The number of carboxylic acid groups (broad SMARTS) is 1. The van der Waals surface area contributed by atoms with Gasteiger partial charge in [-0.3, -0.25) is 4.79 Å². The zero-order valence-corrected chi connectivity index (χ0v) is 15.4. The largest absolute Gasteiger partial charge is 0.496 e. The first-order valence-corrected chi connectivity index (χ1v) is 8.19. The molecule has 0 radical (unpaired) electrons. The van der Waals surface area contributed by atoms with Gasteiger partial charge in [-0.25, -0.2) is 4.79 Å². The van der Waals surface area contributed by atoms with Crippen LogP contribution in [0.2, 0.25) is 0 Å². The van der Waals surface area contributed by atoms with Crippen molar-refractivity contribution in [1.82, 2.24) is 5.32 Å². The summed E-state index contributed by atoms with van der Waals surface area (Å²) in [6.45, 7) is 5.47. The Morgan fingerprint density at radius 2 is 1.73 bits per heavy atom. The van der Waals surface area contributed by atoms with Crippen LogP contribution in [-0.4, -0.2) is 30.7 Å². The van der Waals surface area contributed by atoms with Crippen molar-refractivity contribution in [3.8, 4) is 11.5 Å². The molecule has 0 aliphatic carbocycles. The number of hydrogen-bond acceptors (Lipinski definition) is 4. The van der Waals surface area contributed by atoms with Gasteiger partial charge in [0, 0.05) is 17.7 Å². The lowest BCUT2D eigenvalue weighted by Crippen LogP contribution is -2.23. The van der Waals surface area contributed by atoms with Gasteiger partial charge in [-0.1, -0.05) is 12.1 Å². The van der Waals surface area contributed by atoms with Crippen LogP contribution in [0.25, 0.3) is 0 Å². The summed E-state index contributed by atoms with van der Waals surface area (Å²) >= 11 is 0. The molecular formula is C20H23NO5. The van der Waals surface area contributed by atoms with Crippen LogP contribution in [-0.2, 0) is 11.3 Å². The lowest BCUT2D eigenvalue weighted by molar-refractivity contribution is -0.139. The number of carboxylic acids is 1. The first-order valence-electron chi connectivity index (χ1n) is 8.19. The molecule has 1 amide bonds. The molecule has 0 aromatic heterocycles. The van der Waals surface area contributed by atoms with Gasteiger partial charge in [0.15, 0.2) is 6.61 Å². The van der Waals surface area contributed by atoms with Crippen LogP contribution in [0.4, 0.5) is 0 Å². The summed E-state index contributed by atoms with van der Waals surface area (Å²) in [5, 5.41) is 11.6. The molecule has 0 bridgehead atoms. The number of benzene rings is 2. The number of carbonyl (C=O) groups is 2. The maximum Gasteiger partial charge on any atom is 0.341 e. The van der Waals surface area contributed by atoms with E-state index >= 15 is 0 Å². The number of carbonyl (C=O) groups excluding carboxylic acids is 1. The van der Waals surface area contributed by atoms with E-state index in [9.17, 15) is 9.59 Å². The van der Waals surface area contributed by atoms with Crippen LogP contribution < -0.4 is 14.8 Å². The molecule has 0 spiro atoms. The highest BCUT2D eigenvalue weighted by Crippen LogP contribution is 2.25. The van der Waals surface area contributed by atoms with Crippen molar-refractivity contribution in [2.45, 2.75) is 27.3 Å². The average Bonchev–Trinajstić information content (AvgIpc) is 2.59. The van der Waals surface area contributed by atoms with E-state index < -0.39 is 12.6 Å². The van der Waals surface area contributed by atoms with Crippen molar-refractivity contribution in [2.75, 3.05) is 13.7 Å².